The number of hydrogen-bond acceptors (Lipinski definition) is 6. The monoisotopic (exact) mass is 577 g/mol. The highest BCUT2D eigenvalue weighted by Crippen LogP contribution is 2.22. The van der Waals surface area contributed by atoms with Crippen LogP contribution in [-0.4, -0.2) is 80.5 Å². The highest BCUT2D eigenvalue weighted by Gasteiger charge is 2.38. The van der Waals surface area contributed by atoms with Gasteiger partial charge in [-0.15, -0.1) is 0 Å². The van der Waals surface area contributed by atoms with E-state index in [4.69, 9.17) is 10.8 Å². The molecule has 7 N–H and O–H groups in total. The first-order valence-electron chi connectivity index (χ1n) is 13.8. The first-order chi connectivity index (χ1) is 20.1. The van der Waals surface area contributed by atoms with Gasteiger partial charge in [-0.2, -0.15) is 0 Å². The molecule has 0 radical (unpaired) electrons. The normalized spacial score (nSPS) is 16.9. The summed E-state index contributed by atoms with van der Waals surface area (Å²) in [6, 6.07) is 12.4. The summed E-state index contributed by atoms with van der Waals surface area (Å²) in [4.78, 5) is 67.5. The molecule has 222 valence electrons. The van der Waals surface area contributed by atoms with Gasteiger partial charge in [0.05, 0.1) is 6.04 Å². The predicted molar refractivity (Wildman–Crippen MR) is 153 cm³/mol. The van der Waals surface area contributed by atoms with Crippen LogP contribution in [0, 0.1) is 0 Å². The van der Waals surface area contributed by atoms with Crippen LogP contribution in [0.3, 0.4) is 0 Å². The molecule has 3 aromatic rings. The number of hydrogen-bond donors (Lipinski definition) is 6. The third-order valence-corrected chi connectivity index (χ3v) is 7.45. The standard InChI is InChI=1S/C30H35N5O7/c31-21(15-18-7-2-1-3-8-18)29(40)35-14-6-11-25(35)28(39)34-24(16-19-17-32-22-10-5-4-9-20(19)22)27(38)33-23(30(41)42)12-13-26(36)37/h1-5,7-10,17,21,23-25,32H,6,11-16,31H2,(H,33,38)(H,34,39)(H,36,37)(H,41,42)/t21-,23-,24-,25-/m0/s1. The molecule has 1 saturated heterocycles. The van der Waals surface area contributed by atoms with Crippen molar-refractivity contribution in [1.82, 2.24) is 20.5 Å². The number of carboxylic acid groups (broad SMARTS) is 2. The van der Waals surface area contributed by atoms with E-state index < -0.39 is 54.3 Å². The van der Waals surface area contributed by atoms with Crippen molar-refractivity contribution in [2.75, 3.05) is 6.54 Å². The number of carbonyl (C=O) groups excluding carboxylic acids is 3. The molecule has 1 fully saturated rings. The van der Waals surface area contributed by atoms with Gasteiger partial charge in [0.15, 0.2) is 0 Å². The van der Waals surface area contributed by atoms with Gasteiger partial charge < -0.3 is 36.5 Å². The quantitative estimate of drug-likeness (QED) is 0.174. The number of nitrogens with zero attached hydrogens (tertiary/aromatic N) is 1. The van der Waals surface area contributed by atoms with Gasteiger partial charge in [0.2, 0.25) is 17.7 Å². The van der Waals surface area contributed by atoms with Crippen molar-refractivity contribution in [2.24, 2.45) is 5.73 Å². The lowest BCUT2D eigenvalue weighted by Crippen LogP contribution is -2.57. The molecule has 2 aromatic carbocycles. The number of rotatable bonds is 13. The van der Waals surface area contributed by atoms with Crippen LogP contribution in [0.1, 0.15) is 36.8 Å². The molecule has 4 atom stereocenters. The zero-order chi connectivity index (χ0) is 30.2. The second kappa shape index (κ2) is 13.8. The van der Waals surface area contributed by atoms with Crippen molar-refractivity contribution in [1.29, 1.82) is 0 Å². The summed E-state index contributed by atoms with van der Waals surface area (Å²) in [5.74, 6) is -4.28. The number of carboxylic acids is 2. The summed E-state index contributed by atoms with van der Waals surface area (Å²) in [5, 5.41) is 24.5. The van der Waals surface area contributed by atoms with Crippen LogP contribution in [0.4, 0.5) is 0 Å². The molecular formula is C30H35N5O7. The van der Waals surface area contributed by atoms with Crippen LogP contribution in [-0.2, 0) is 36.8 Å². The molecule has 0 aliphatic carbocycles. The van der Waals surface area contributed by atoms with Crippen molar-refractivity contribution < 1.29 is 34.2 Å². The molecule has 42 heavy (non-hydrogen) atoms. The number of aliphatic carboxylic acids is 2. The van der Waals surface area contributed by atoms with E-state index in [-0.39, 0.29) is 18.7 Å². The number of aromatic amines is 1. The van der Waals surface area contributed by atoms with E-state index in [0.717, 1.165) is 16.5 Å². The fourth-order valence-electron chi connectivity index (χ4n) is 5.27. The molecular weight excluding hydrogens is 542 g/mol. The average molecular weight is 578 g/mol. The Morgan fingerprint density at radius 1 is 0.952 bits per heavy atom. The number of likely N-dealkylation sites (tertiary alicyclic amines) is 1. The Balaban J connectivity index is 1.51. The first kappa shape index (κ1) is 30.3. The van der Waals surface area contributed by atoms with Crippen LogP contribution in [0.15, 0.2) is 60.8 Å². The van der Waals surface area contributed by atoms with Crippen molar-refractivity contribution in [3.05, 3.63) is 71.9 Å². The van der Waals surface area contributed by atoms with Gasteiger partial charge in [-0.05, 0) is 42.9 Å². The smallest absolute Gasteiger partial charge is 0.326 e. The molecule has 3 amide bonds. The fraction of sp³-hybridized carbons (Fsp3) is 0.367. The van der Waals surface area contributed by atoms with Crippen molar-refractivity contribution in [2.45, 2.75) is 62.7 Å². The van der Waals surface area contributed by atoms with Gasteiger partial charge in [-0.3, -0.25) is 19.2 Å². The lowest BCUT2D eigenvalue weighted by Gasteiger charge is -2.28. The highest BCUT2D eigenvalue weighted by atomic mass is 16.4. The van der Waals surface area contributed by atoms with Crippen molar-refractivity contribution in [3.8, 4) is 0 Å². The Bertz CT molecular complexity index is 1440. The number of aromatic nitrogens is 1. The zero-order valence-electron chi connectivity index (χ0n) is 23.0. The van der Waals surface area contributed by atoms with Gasteiger partial charge in [0.25, 0.3) is 0 Å². The third kappa shape index (κ3) is 7.52. The van der Waals surface area contributed by atoms with Crippen LogP contribution in [0.2, 0.25) is 0 Å². The van der Waals surface area contributed by atoms with E-state index in [1.54, 1.807) is 6.20 Å². The molecule has 12 heteroatoms. The maximum absolute atomic E-state index is 13.6. The zero-order valence-corrected chi connectivity index (χ0v) is 23.0. The molecule has 2 heterocycles. The molecule has 0 unspecified atom stereocenters. The second-order valence-electron chi connectivity index (χ2n) is 10.4. The predicted octanol–water partition coefficient (Wildman–Crippen LogP) is 1.19. The van der Waals surface area contributed by atoms with Crippen LogP contribution in [0.5, 0.6) is 0 Å². The molecule has 1 aliphatic rings. The fourth-order valence-corrected chi connectivity index (χ4v) is 5.27. The maximum atomic E-state index is 13.6. The minimum Gasteiger partial charge on any atom is -0.481 e. The summed E-state index contributed by atoms with van der Waals surface area (Å²) < 4.78 is 0. The lowest BCUT2D eigenvalue weighted by atomic mass is 10.0. The Morgan fingerprint density at radius 2 is 1.67 bits per heavy atom. The number of H-pyrrole nitrogens is 1. The minimum absolute atomic E-state index is 0.0288. The number of nitrogens with two attached hydrogens (primary N) is 1. The van der Waals surface area contributed by atoms with Gasteiger partial charge in [-0.25, -0.2) is 4.79 Å². The van der Waals surface area contributed by atoms with E-state index in [2.05, 4.69) is 15.6 Å². The molecule has 0 saturated carbocycles. The Labute approximate surface area is 242 Å². The number of fused-ring (bicyclic) bond motifs is 1. The van der Waals surface area contributed by atoms with Gasteiger partial charge >= 0.3 is 11.9 Å². The summed E-state index contributed by atoms with van der Waals surface area (Å²) in [7, 11) is 0. The molecule has 0 bridgehead atoms. The van der Waals surface area contributed by atoms with Crippen LogP contribution < -0.4 is 16.4 Å². The van der Waals surface area contributed by atoms with E-state index in [9.17, 15) is 29.1 Å². The largest absolute Gasteiger partial charge is 0.481 e. The van der Waals surface area contributed by atoms with E-state index in [1.165, 1.54) is 4.90 Å². The van der Waals surface area contributed by atoms with E-state index in [0.29, 0.717) is 31.4 Å². The topological polar surface area (TPSA) is 195 Å². The SMILES string of the molecule is N[C@@H](Cc1ccccc1)C(=O)N1CCC[C@H]1C(=O)N[C@@H](Cc1c[nH]c2ccccc12)C(=O)N[C@@H](CCC(=O)O)C(=O)O. The van der Waals surface area contributed by atoms with E-state index in [1.807, 2.05) is 54.6 Å². The van der Waals surface area contributed by atoms with Crippen LogP contribution >= 0.6 is 0 Å². The molecule has 12 nitrogen and oxygen atoms in total. The summed E-state index contributed by atoms with van der Waals surface area (Å²) in [5.41, 5.74) is 8.66. The first-order valence-corrected chi connectivity index (χ1v) is 13.8. The maximum Gasteiger partial charge on any atom is 0.326 e. The Morgan fingerprint density at radius 3 is 2.38 bits per heavy atom. The summed E-state index contributed by atoms with van der Waals surface area (Å²) >= 11 is 0. The third-order valence-electron chi connectivity index (χ3n) is 7.45. The second-order valence-corrected chi connectivity index (χ2v) is 10.4. The van der Waals surface area contributed by atoms with Gasteiger partial charge in [0.1, 0.15) is 18.1 Å². The van der Waals surface area contributed by atoms with Crippen LogP contribution in [0.25, 0.3) is 10.9 Å². The average Bonchev–Trinajstić information content (AvgIpc) is 3.62. The van der Waals surface area contributed by atoms with Gasteiger partial charge in [0, 0.05) is 36.5 Å². The molecule has 0 spiro atoms. The lowest BCUT2D eigenvalue weighted by molar-refractivity contribution is -0.144. The molecule has 4 rings (SSSR count). The molecule has 1 aromatic heterocycles. The highest BCUT2D eigenvalue weighted by molar-refractivity contribution is 5.95. The molecule has 1 aliphatic heterocycles. The van der Waals surface area contributed by atoms with E-state index >= 15 is 0 Å². The number of benzene rings is 2. The summed E-state index contributed by atoms with van der Waals surface area (Å²) in [6.45, 7) is 0.342. The van der Waals surface area contributed by atoms with Crippen molar-refractivity contribution >= 4 is 40.6 Å². The Hall–Kier alpha value is -4.71. The van der Waals surface area contributed by atoms with Gasteiger partial charge in [-0.1, -0.05) is 48.5 Å². The Kier molecular flexibility index (Phi) is 9.92. The number of para-hydroxylation sites is 1. The van der Waals surface area contributed by atoms with Crippen molar-refractivity contribution in [3.63, 3.8) is 0 Å². The number of nitrogens with one attached hydrogen (secondary N) is 3. The number of carbonyl (C=O) groups is 5. The number of amides is 3. The summed E-state index contributed by atoms with van der Waals surface area (Å²) in [6.07, 6.45) is 2.23. The minimum atomic E-state index is -1.46.